The van der Waals surface area contributed by atoms with Crippen LogP contribution in [0.5, 0.6) is 0 Å². The first-order chi connectivity index (χ1) is 8.87. The van der Waals surface area contributed by atoms with Crippen LogP contribution in [0.15, 0.2) is 0 Å². The minimum Gasteiger partial charge on any atom is -0.481 e. The molecule has 110 valence electrons. The van der Waals surface area contributed by atoms with E-state index in [9.17, 15) is 14.7 Å². The van der Waals surface area contributed by atoms with E-state index in [0.717, 1.165) is 0 Å². The van der Waals surface area contributed by atoms with Gasteiger partial charge in [0, 0.05) is 33.4 Å². The van der Waals surface area contributed by atoms with Crippen LogP contribution in [0.25, 0.3) is 0 Å². The molecule has 19 heavy (non-hydrogen) atoms. The summed E-state index contributed by atoms with van der Waals surface area (Å²) in [6.07, 6.45) is 0.882. The number of amides is 2. The van der Waals surface area contributed by atoms with Crippen molar-refractivity contribution in [1.29, 1.82) is 0 Å². The monoisotopic (exact) mass is 272 g/mol. The van der Waals surface area contributed by atoms with Crippen molar-refractivity contribution in [2.45, 2.75) is 26.7 Å². The van der Waals surface area contributed by atoms with Gasteiger partial charge in [-0.1, -0.05) is 13.8 Å². The van der Waals surface area contributed by atoms with Gasteiger partial charge in [0.1, 0.15) is 0 Å². The molecular formula is C13H24N2O4. The van der Waals surface area contributed by atoms with Crippen LogP contribution >= 0.6 is 0 Å². The molecule has 1 heterocycles. The summed E-state index contributed by atoms with van der Waals surface area (Å²) in [7, 11) is 1.72. The van der Waals surface area contributed by atoms with Crippen LogP contribution in [0.1, 0.15) is 26.7 Å². The molecule has 0 aliphatic carbocycles. The second-order valence-corrected chi connectivity index (χ2v) is 5.63. The Labute approximate surface area is 114 Å². The summed E-state index contributed by atoms with van der Waals surface area (Å²) in [5, 5.41) is 12.1. The largest absolute Gasteiger partial charge is 0.481 e. The molecule has 0 bridgehead atoms. The zero-order chi connectivity index (χ0) is 14.5. The van der Waals surface area contributed by atoms with Crippen molar-refractivity contribution >= 4 is 12.0 Å². The van der Waals surface area contributed by atoms with Crippen LogP contribution in [-0.2, 0) is 9.53 Å². The molecule has 1 aliphatic heterocycles. The molecule has 0 aromatic heterocycles. The van der Waals surface area contributed by atoms with Crippen LogP contribution in [0.3, 0.4) is 0 Å². The van der Waals surface area contributed by atoms with Gasteiger partial charge in [-0.2, -0.15) is 0 Å². The Morgan fingerprint density at radius 3 is 2.42 bits per heavy atom. The summed E-state index contributed by atoms with van der Waals surface area (Å²) in [6, 6.07) is -0.221. The summed E-state index contributed by atoms with van der Waals surface area (Å²) in [6.45, 7) is 5.73. The number of ether oxygens (including phenoxy) is 1. The van der Waals surface area contributed by atoms with Gasteiger partial charge in [-0.3, -0.25) is 4.79 Å². The van der Waals surface area contributed by atoms with Gasteiger partial charge in [0.05, 0.1) is 5.41 Å². The van der Waals surface area contributed by atoms with Crippen molar-refractivity contribution < 1.29 is 19.4 Å². The lowest BCUT2D eigenvalue weighted by Crippen LogP contribution is -2.49. The number of nitrogens with one attached hydrogen (secondary N) is 1. The van der Waals surface area contributed by atoms with E-state index in [1.807, 2.05) is 13.8 Å². The lowest BCUT2D eigenvalue weighted by Gasteiger charge is -2.33. The zero-order valence-corrected chi connectivity index (χ0v) is 11.9. The van der Waals surface area contributed by atoms with Crippen LogP contribution in [-0.4, -0.2) is 55.4 Å². The van der Waals surface area contributed by atoms with E-state index in [-0.39, 0.29) is 12.6 Å². The van der Waals surface area contributed by atoms with Crippen molar-refractivity contribution in [3.8, 4) is 0 Å². The molecule has 0 unspecified atom stereocenters. The average Bonchev–Trinajstić information content (AvgIpc) is 2.36. The van der Waals surface area contributed by atoms with Crippen molar-refractivity contribution in [1.82, 2.24) is 10.2 Å². The van der Waals surface area contributed by atoms with E-state index in [0.29, 0.717) is 38.5 Å². The van der Waals surface area contributed by atoms with Crippen molar-refractivity contribution in [2.24, 2.45) is 11.3 Å². The molecule has 0 saturated carbocycles. The Balaban J connectivity index is 2.52. The molecule has 1 aliphatic rings. The number of nitrogens with zero attached hydrogens (tertiary/aromatic N) is 1. The number of aliphatic carboxylic acids is 1. The van der Waals surface area contributed by atoms with Gasteiger partial charge in [-0.05, 0) is 18.8 Å². The molecule has 0 aromatic carbocycles. The predicted octanol–water partition coefficient (Wildman–Crippen LogP) is 1.17. The van der Waals surface area contributed by atoms with E-state index < -0.39 is 11.4 Å². The van der Waals surface area contributed by atoms with Crippen LogP contribution in [0.4, 0.5) is 4.79 Å². The van der Waals surface area contributed by atoms with Gasteiger partial charge < -0.3 is 20.1 Å². The van der Waals surface area contributed by atoms with Gasteiger partial charge in [-0.25, -0.2) is 4.79 Å². The third-order valence-electron chi connectivity index (χ3n) is 3.47. The maximum atomic E-state index is 11.9. The van der Waals surface area contributed by atoms with Gasteiger partial charge in [0.25, 0.3) is 0 Å². The number of carbonyl (C=O) groups is 2. The summed E-state index contributed by atoms with van der Waals surface area (Å²) < 4.78 is 5.20. The third kappa shape index (κ3) is 4.38. The molecule has 2 amide bonds. The number of carboxylic acids is 1. The van der Waals surface area contributed by atoms with Gasteiger partial charge in [-0.15, -0.1) is 0 Å². The second-order valence-electron chi connectivity index (χ2n) is 5.63. The molecular weight excluding hydrogens is 248 g/mol. The van der Waals surface area contributed by atoms with Crippen LogP contribution in [0.2, 0.25) is 0 Å². The second kappa shape index (κ2) is 6.75. The highest BCUT2D eigenvalue weighted by Crippen LogP contribution is 2.30. The Morgan fingerprint density at radius 2 is 1.95 bits per heavy atom. The van der Waals surface area contributed by atoms with Gasteiger partial charge >= 0.3 is 12.0 Å². The molecule has 0 spiro atoms. The Kier molecular flexibility index (Phi) is 5.60. The Hall–Kier alpha value is -1.30. The van der Waals surface area contributed by atoms with Crippen molar-refractivity contribution in [3.63, 3.8) is 0 Å². The normalized spacial score (nSPS) is 18.1. The van der Waals surface area contributed by atoms with E-state index in [4.69, 9.17) is 4.74 Å². The smallest absolute Gasteiger partial charge is 0.317 e. The number of rotatable bonds is 5. The SMILES string of the molecule is CC(C)CN(C)C(=O)NCC1(C(=O)O)CCOCC1. The molecule has 2 N–H and O–H groups in total. The topological polar surface area (TPSA) is 78.9 Å². The molecule has 6 heteroatoms. The molecule has 1 saturated heterocycles. The number of carbonyl (C=O) groups excluding carboxylic acids is 1. The molecule has 0 aromatic rings. The molecule has 0 radical (unpaired) electrons. The summed E-state index contributed by atoms with van der Waals surface area (Å²) in [5.41, 5.74) is -0.882. The molecule has 1 rings (SSSR count). The fourth-order valence-electron chi connectivity index (χ4n) is 2.24. The lowest BCUT2D eigenvalue weighted by molar-refractivity contribution is -0.154. The average molecular weight is 272 g/mol. The summed E-state index contributed by atoms with van der Waals surface area (Å²) >= 11 is 0. The van der Waals surface area contributed by atoms with Crippen molar-refractivity contribution in [3.05, 3.63) is 0 Å². The lowest BCUT2D eigenvalue weighted by atomic mass is 9.80. The first-order valence-corrected chi connectivity index (χ1v) is 6.67. The van der Waals surface area contributed by atoms with Crippen LogP contribution < -0.4 is 5.32 Å². The van der Waals surface area contributed by atoms with E-state index >= 15 is 0 Å². The fourth-order valence-corrected chi connectivity index (χ4v) is 2.24. The fraction of sp³-hybridized carbons (Fsp3) is 0.846. The highest BCUT2D eigenvalue weighted by atomic mass is 16.5. The summed E-state index contributed by atoms with van der Waals surface area (Å²) in [5.74, 6) is -0.477. The maximum absolute atomic E-state index is 11.9. The zero-order valence-electron chi connectivity index (χ0n) is 11.9. The predicted molar refractivity (Wildman–Crippen MR) is 71.0 cm³/mol. The number of hydrogen-bond donors (Lipinski definition) is 2. The summed E-state index contributed by atoms with van der Waals surface area (Å²) in [4.78, 5) is 24.9. The number of hydrogen-bond acceptors (Lipinski definition) is 3. The Bertz CT molecular complexity index is 325. The Morgan fingerprint density at radius 1 is 1.37 bits per heavy atom. The van der Waals surface area contributed by atoms with Gasteiger partial charge in [0.15, 0.2) is 0 Å². The van der Waals surface area contributed by atoms with E-state index in [2.05, 4.69) is 5.32 Å². The molecule has 6 nitrogen and oxygen atoms in total. The number of urea groups is 1. The quantitative estimate of drug-likeness (QED) is 0.787. The van der Waals surface area contributed by atoms with E-state index in [1.165, 1.54) is 0 Å². The first-order valence-electron chi connectivity index (χ1n) is 6.67. The van der Waals surface area contributed by atoms with Crippen LogP contribution in [0, 0.1) is 11.3 Å². The maximum Gasteiger partial charge on any atom is 0.317 e. The number of carboxylic acid groups (broad SMARTS) is 1. The standard InChI is InChI=1S/C13H24N2O4/c1-10(2)8-15(3)12(18)14-9-13(11(16)17)4-6-19-7-5-13/h10H,4-9H2,1-3H3,(H,14,18)(H,16,17). The minimum absolute atomic E-state index is 0.160. The van der Waals surface area contributed by atoms with Gasteiger partial charge in [0.2, 0.25) is 0 Å². The molecule has 0 atom stereocenters. The third-order valence-corrected chi connectivity index (χ3v) is 3.47. The highest BCUT2D eigenvalue weighted by Gasteiger charge is 2.40. The van der Waals surface area contributed by atoms with E-state index in [1.54, 1.807) is 11.9 Å². The first kappa shape index (κ1) is 15.8. The minimum atomic E-state index is -0.882. The molecule has 1 fully saturated rings. The van der Waals surface area contributed by atoms with Crippen molar-refractivity contribution in [2.75, 3.05) is 33.4 Å². The highest BCUT2D eigenvalue weighted by molar-refractivity contribution is 5.78.